The van der Waals surface area contributed by atoms with Gasteiger partial charge in [-0.15, -0.1) is 0 Å². The van der Waals surface area contributed by atoms with Crippen LogP contribution in [0.25, 0.3) is 22.3 Å². The number of ether oxygens (including phenoxy) is 3. The number of carbonyl (C=O) groups excluding carboxylic acids is 1. The highest BCUT2D eigenvalue weighted by Crippen LogP contribution is 2.30. The number of benzene rings is 3. The molecule has 10 nitrogen and oxygen atoms in total. The smallest absolute Gasteiger partial charge is 0.410 e. The number of amides is 1. The molecule has 0 saturated carbocycles. The molecule has 7 rings (SSSR count). The molecule has 1 amide bonds. The van der Waals surface area contributed by atoms with Gasteiger partial charge < -0.3 is 23.9 Å². The fraction of sp³-hybridized carbons (Fsp3) is 0.257. The summed E-state index contributed by atoms with van der Waals surface area (Å²) in [6.07, 6.45) is 0.381. The number of imidazole rings is 1. The van der Waals surface area contributed by atoms with Crippen LogP contribution >= 0.6 is 0 Å². The molecule has 2 aromatic heterocycles. The Hall–Kier alpha value is -5.36. The quantitative estimate of drug-likeness (QED) is 0.205. The van der Waals surface area contributed by atoms with E-state index in [1.54, 1.807) is 29.2 Å². The van der Waals surface area contributed by atoms with Gasteiger partial charge in [0.05, 0.1) is 42.0 Å². The number of pyridine rings is 1. The number of carbonyl (C=O) groups is 2. The van der Waals surface area contributed by atoms with E-state index in [9.17, 15) is 14.7 Å². The first-order valence-electron chi connectivity index (χ1n) is 15.1. The Morgan fingerprint density at radius 2 is 1.83 bits per heavy atom. The Balaban J connectivity index is 1.09. The number of aromatic nitrogens is 3. The summed E-state index contributed by atoms with van der Waals surface area (Å²) >= 11 is 0. The average molecular weight is 641 g/mol. The molecular formula is C35H30F2N4O6. The van der Waals surface area contributed by atoms with Crippen LogP contribution in [-0.2, 0) is 42.1 Å². The maximum absolute atomic E-state index is 15.6. The normalized spacial score (nSPS) is 15.4. The van der Waals surface area contributed by atoms with Crippen LogP contribution in [0.5, 0.6) is 5.88 Å². The van der Waals surface area contributed by atoms with Gasteiger partial charge in [-0.25, -0.2) is 28.3 Å². The second-order valence-electron chi connectivity index (χ2n) is 11.6. The number of aromatic carboxylic acids is 1. The minimum atomic E-state index is -1.07. The monoisotopic (exact) mass is 640 g/mol. The standard InChI is InChI=1S/C35H30F2N4O6/c1-45-35(44)40-16-22-6-5-20(11-24(22)17-40)19-47-33-4-2-3-29(39-33)26-15-27(36)23(12-28(26)37)14-32-38-30-8-7-21(34(42)43)13-31(30)41(32)18-25-9-10-46-25/h2-8,11-13,15,25H,9-10,14,16-19H2,1H3,(H,42,43). The lowest BCUT2D eigenvalue weighted by molar-refractivity contribution is -0.0589. The van der Waals surface area contributed by atoms with Gasteiger partial charge in [-0.05, 0) is 65.1 Å². The van der Waals surface area contributed by atoms with Gasteiger partial charge in [0.25, 0.3) is 0 Å². The number of hydrogen-bond donors (Lipinski definition) is 1. The molecule has 0 bridgehead atoms. The zero-order valence-corrected chi connectivity index (χ0v) is 25.4. The van der Waals surface area contributed by atoms with E-state index >= 15 is 8.78 Å². The van der Waals surface area contributed by atoms with E-state index in [0.29, 0.717) is 43.1 Å². The number of fused-ring (bicyclic) bond motifs is 2. The van der Waals surface area contributed by atoms with Crippen molar-refractivity contribution < 1.29 is 37.7 Å². The van der Waals surface area contributed by atoms with E-state index in [4.69, 9.17) is 14.2 Å². The van der Waals surface area contributed by atoms with Crippen LogP contribution in [0, 0.1) is 11.6 Å². The zero-order chi connectivity index (χ0) is 32.7. The molecule has 2 aliphatic heterocycles. The third-order valence-electron chi connectivity index (χ3n) is 8.55. The number of rotatable bonds is 9. The molecule has 0 spiro atoms. The van der Waals surface area contributed by atoms with Crippen LogP contribution in [0.2, 0.25) is 0 Å². The molecule has 47 heavy (non-hydrogen) atoms. The largest absolute Gasteiger partial charge is 0.478 e. The minimum absolute atomic E-state index is 0.0123. The molecule has 4 heterocycles. The summed E-state index contributed by atoms with van der Waals surface area (Å²) in [5.41, 5.74) is 4.49. The van der Waals surface area contributed by atoms with E-state index in [1.165, 1.54) is 19.2 Å². The Labute approximate surface area is 268 Å². The first kappa shape index (κ1) is 30.3. The minimum Gasteiger partial charge on any atom is -0.478 e. The summed E-state index contributed by atoms with van der Waals surface area (Å²) in [6, 6.07) is 17.6. The van der Waals surface area contributed by atoms with Crippen molar-refractivity contribution >= 4 is 23.1 Å². The van der Waals surface area contributed by atoms with Crippen LogP contribution < -0.4 is 4.74 Å². The van der Waals surface area contributed by atoms with Gasteiger partial charge in [0, 0.05) is 37.7 Å². The van der Waals surface area contributed by atoms with Crippen molar-refractivity contribution in [3.05, 3.63) is 112 Å². The molecule has 1 atom stereocenters. The lowest BCUT2D eigenvalue weighted by Crippen LogP contribution is -2.31. The molecule has 0 radical (unpaired) electrons. The van der Waals surface area contributed by atoms with Crippen molar-refractivity contribution in [2.24, 2.45) is 0 Å². The van der Waals surface area contributed by atoms with E-state index < -0.39 is 17.6 Å². The first-order chi connectivity index (χ1) is 22.7. The van der Waals surface area contributed by atoms with Crippen molar-refractivity contribution in [1.29, 1.82) is 0 Å². The Morgan fingerprint density at radius 1 is 1.00 bits per heavy atom. The van der Waals surface area contributed by atoms with Crippen molar-refractivity contribution in [2.75, 3.05) is 13.7 Å². The number of halogens is 2. The second kappa shape index (κ2) is 12.4. The Bertz CT molecular complexity index is 2030. The average Bonchev–Trinajstić information content (AvgIpc) is 3.63. The summed E-state index contributed by atoms with van der Waals surface area (Å²) in [5, 5.41) is 9.49. The van der Waals surface area contributed by atoms with Gasteiger partial charge >= 0.3 is 12.1 Å². The van der Waals surface area contributed by atoms with Crippen molar-refractivity contribution in [1.82, 2.24) is 19.4 Å². The fourth-order valence-electron chi connectivity index (χ4n) is 5.96. The molecular weight excluding hydrogens is 610 g/mol. The summed E-state index contributed by atoms with van der Waals surface area (Å²) in [5.74, 6) is -1.63. The maximum Gasteiger partial charge on any atom is 0.410 e. The summed E-state index contributed by atoms with van der Waals surface area (Å²) < 4.78 is 49.3. The lowest BCUT2D eigenvalue weighted by Gasteiger charge is -2.27. The third kappa shape index (κ3) is 6.11. The van der Waals surface area contributed by atoms with Crippen LogP contribution in [0.15, 0.2) is 66.7 Å². The predicted molar refractivity (Wildman–Crippen MR) is 166 cm³/mol. The van der Waals surface area contributed by atoms with Crippen LogP contribution in [0.3, 0.4) is 0 Å². The predicted octanol–water partition coefficient (Wildman–Crippen LogP) is 6.12. The Morgan fingerprint density at radius 3 is 2.60 bits per heavy atom. The second-order valence-corrected chi connectivity index (χ2v) is 11.6. The number of carboxylic acid groups (broad SMARTS) is 1. The van der Waals surface area contributed by atoms with Crippen molar-refractivity contribution in [3.8, 4) is 17.1 Å². The molecule has 2 aliphatic rings. The molecule has 240 valence electrons. The van der Waals surface area contributed by atoms with Crippen LogP contribution in [-0.4, -0.2) is 56.4 Å². The molecule has 0 aliphatic carbocycles. The SMILES string of the molecule is COC(=O)N1Cc2ccc(COc3cccc(-c4cc(F)c(Cc5nc6ccc(C(=O)O)cc6n5CC5CCO5)cc4F)n3)cc2C1. The van der Waals surface area contributed by atoms with Crippen molar-refractivity contribution in [2.45, 2.75) is 45.2 Å². The highest BCUT2D eigenvalue weighted by atomic mass is 19.1. The number of hydrogen-bond acceptors (Lipinski definition) is 7. The van der Waals surface area contributed by atoms with E-state index in [2.05, 4.69) is 9.97 Å². The van der Waals surface area contributed by atoms with E-state index in [-0.39, 0.29) is 53.5 Å². The van der Waals surface area contributed by atoms with Gasteiger partial charge in [0.15, 0.2) is 0 Å². The Kier molecular flexibility index (Phi) is 8.02. The third-order valence-corrected chi connectivity index (χ3v) is 8.55. The van der Waals surface area contributed by atoms with Crippen molar-refractivity contribution in [3.63, 3.8) is 0 Å². The number of nitrogens with zero attached hydrogens (tertiary/aromatic N) is 4. The number of methoxy groups -OCH3 is 1. The molecule has 1 unspecified atom stereocenters. The molecule has 12 heteroatoms. The number of carboxylic acids is 1. The summed E-state index contributed by atoms with van der Waals surface area (Å²) in [4.78, 5) is 34.2. The zero-order valence-electron chi connectivity index (χ0n) is 25.4. The molecule has 1 N–H and O–H groups in total. The molecule has 5 aromatic rings. The van der Waals surface area contributed by atoms with Gasteiger partial charge in [-0.2, -0.15) is 0 Å². The van der Waals surface area contributed by atoms with Crippen LogP contribution in [0.4, 0.5) is 13.6 Å². The summed E-state index contributed by atoms with van der Waals surface area (Å²) in [7, 11) is 1.35. The van der Waals surface area contributed by atoms with Gasteiger partial charge in [-0.1, -0.05) is 24.3 Å². The fourth-order valence-corrected chi connectivity index (χ4v) is 5.96. The topological polar surface area (TPSA) is 116 Å². The highest BCUT2D eigenvalue weighted by molar-refractivity contribution is 5.92. The highest BCUT2D eigenvalue weighted by Gasteiger charge is 2.25. The first-order valence-corrected chi connectivity index (χ1v) is 15.1. The van der Waals surface area contributed by atoms with E-state index in [0.717, 1.165) is 35.2 Å². The van der Waals surface area contributed by atoms with Gasteiger partial charge in [0.1, 0.15) is 24.1 Å². The van der Waals surface area contributed by atoms with Gasteiger partial charge in [0.2, 0.25) is 5.88 Å². The summed E-state index contributed by atoms with van der Waals surface area (Å²) in [6.45, 7) is 2.18. The lowest BCUT2D eigenvalue weighted by atomic mass is 10.0. The molecule has 1 saturated heterocycles. The van der Waals surface area contributed by atoms with E-state index in [1.807, 2.05) is 22.8 Å². The van der Waals surface area contributed by atoms with Crippen LogP contribution in [0.1, 0.15) is 44.9 Å². The van der Waals surface area contributed by atoms with Gasteiger partial charge in [-0.3, -0.25) is 4.90 Å². The molecule has 1 fully saturated rings. The maximum atomic E-state index is 15.6. The molecule has 3 aromatic carbocycles.